The number of nitriles is 1. The predicted octanol–water partition coefficient (Wildman–Crippen LogP) is 4.32. The quantitative estimate of drug-likeness (QED) is 0.558. The van der Waals surface area contributed by atoms with Crippen LogP contribution in [-0.4, -0.2) is 15.0 Å². The zero-order chi connectivity index (χ0) is 19.5. The molecule has 0 amide bonds. The molecule has 2 aromatic heterocycles. The molecule has 6 nitrogen and oxygen atoms in total. The molecule has 2 aromatic carbocycles. The lowest BCUT2D eigenvalue weighted by Gasteiger charge is -2.20. The fourth-order valence-electron chi connectivity index (χ4n) is 3.31. The number of pyridine rings is 1. The average molecular weight is 366 g/mol. The van der Waals surface area contributed by atoms with E-state index in [4.69, 9.17) is 10.7 Å². The number of hydrogen-bond acceptors (Lipinski definition) is 6. The topological polar surface area (TPSA) is 101 Å². The van der Waals surface area contributed by atoms with Gasteiger partial charge in [0, 0.05) is 17.1 Å². The van der Waals surface area contributed by atoms with Crippen molar-refractivity contribution in [3.8, 4) is 17.2 Å². The number of rotatable bonds is 4. The van der Waals surface area contributed by atoms with Gasteiger partial charge in [0.15, 0.2) is 0 Å². The fraction of sp³-hybridized carbons (Fsp3) is 0.0909. The summed E-state index contributed by atoms with van der Waals surface area (Å²) in [5.74, 6) is 0.554. The molecule has 0 bridgehead atoms. The Kier molecular flexibility index (Phi) is 4.56. The maximum atomic E-state index is 9.39. The summed E-state index contributed by atoms with van der Waals surface area (Å²) in [5.41, 5.74) is 9.05. The normalized spacial score (nSPS) is 11.7. The molecule has 0 saturated heterocycles. The molecule has 3 N–H and O–H groups in total. The van der Waals surface area contributed by atoms with Gasteiger partial charge in [0.05, 0.1) is 11.7 Å². The smallest absolute Gasteiger partial charge is 0.150 e. The average Bonchev–Trinajstić information content (AvgIpc) is 2.73. The van der Waals surface area contributed by atoms with Crippen LogP contribution >= 0.6 is 0 Å². The highest BCUT2D eigenvalue weighted by atomic mass is 15.1. The van der Waals surface area contributed by atoms with Crippen LogP contribution in [0.3, 0.4) is 0 Å². The number of nitrogens with one attached hydrogen (secondary N) is 1. The van der Waals surface area contributed by atoms with Crippen LogP contribution in [0.15, 0.2) is 67.1 Å². The third-order valence-corrected chi connectivity index (χ3v) is 4.64. The first-order valence-corrected chi connectivity index (χ1v) is 8.89. The molecule has 28 heavy (non-hydrogen) atoms. The number of nitrogens with zero attached hydrogens (tertiary/aromatic N) is 4. The molecule has 2 heterocycles. The van der Waals surface area contributed by atoms with Crippen LogP contribution in [0.5, 0.6) is 0 Å². The lowest BCUT2D eigenvalue weighted by atomic mass is 9.95. The van der Waals surface area contributed by atoms with E-state index < -0.39 is 0 Å². The van der Waals surface area contributed by atoms with Gasteiger partial charge in [0.25, 0.3) is 0 Å². The molecule has 136 valence electrons. The number of benzene rings is 2. The van der Waals surface area contributed by atoms with Crippen LogP contribution in [0.4, 0.5) is 11.6 Å². The van der Waals surface area contributed by atoms with E-state index in [2.05, 4.69) is 45.6 Å². The van der Waals surface area contributed by atoms with Gasteiger partial charge < -0.3 is 11.1 Å². The molecule has 0 fully saturated rings. The summed E-state index contributed by atoms with van der Waals surface area (Å²) in [5, 5.41) is 14.9. The van der Waals surface area contributed by atoms with Crippen molar-refractivity contribution in [2.75, 3.05) is 11.1 Å². The largest absolute Gasteiger partial charge is 0.382 e. The van der Waals surface area contributed by atoms with Crippen molar-refractivity contribution in [1.82, 2.24) is 15.0 Å². The van der Waals surface area contributed by atoms with E-state index in [9.17, 15) is 5.26 Å². The van der Waals surface area contributed by atoms with Gasteiger partial charge in [-0.3, -0.25) is 4.98 Å². The molecule has 6 heteroatoms. The van der Waals surface area contributed by atoms with Crippen molar-refractivity contribution < 1.29 is 0 Å². The zero-order valence-electron chi connectivity index (χ0n) is 15.3. The highest BCUT2D eigenvalue weighted by Crippen LogP contribution is 2.35. The molecule has 0 saturated carbocycles. The molecule has 0 aliphatic heterocycles. The lowest BCUT2D eigenvalue weighted by molar-refractivity contribution is 0.835. The van der Waals surface area contributed by atoms with Crippen LogP contribution in [0.2, 0.25) is 0 Å². The van der Waals surface area contributed by atoms with E-state index in [1.54, 1.807) is 0 Å². The van der Waals surface area contributed by atoms with Gasteiger partial charge >= 0.3 is 0 Å². The number of anilines is 2. The maximum absolute atomic E-state index is 9.39. The molecular formula is C22H18N6. The second-order valence-electron chi connectivity index (χ2n) is 6.43. The van der Waals surface area contributed by atoms with E-state index in [1.165, 1.54) is 6.33 Å². The molecule has 0 radical (unpaired) electrons. The van der Waals surface area contributed by atoms with Gasteiger partial charge in [-0.25, -0.2) is 9.97 Å². The van der Waals surface area contributed by atoms with E-state index in [-0.39, 0.29) is 17.4 Å². The third-order valence-electron chi connectivity index (χ3n) is 4.64. The van der Waals surface area contributed by atoms with Crippen molar-refractivity contribution in [2.24, 2.45) is 0 Å². The second-order valence-corrected chi connectivity index (χ2v) is 6.43. The molecule has 0 spiro atoms. The highest BCUT2D eigenvalue weighted by molar-refractivity contribution is 5.97. The van der Waals surface area contributed by atoms with Crippen molar-refractivity contribution in [2.45, 2.75) is 13.0 Å². The van der Waals surface area contributed by atoms with E-state index >= 15 is 0 Å². The maximum Gasteiger partial charge on any atom is 0.150 e. The van der Waals surface area contributed by atoms with Crippen molar-refractivity contribution in [3.05, 3.63) is 78.4 Å². The zero-order valence-corrected chi connectivity index (χ0v) is 15.3. The summed E-state index contributed by atoms with van der Waals surface area (Å²) in [7, 11) is 0. The Bertz CT molecular complexity index is 1180. The van der Waals surface area contributed by atoms with Gasteiger partial charge in [0.2, 0.25) is 0 Å². The van der Waals surface area contributed by atoms with Crippen LogP contribution in [0.1, 0.15) is 24.2 Å². The molecule has 4 aromatic rings. The summed E-state index contributed by atoms with van der Waals surface area (Å²) in [4.78, 5) is 12.8. The highest BCUT2D eigenvalue weighted by Gasteiger charge is 2.19. The van der Waals surface area contributed by atoms with Crippen LogP contribution in [0.25, 0.3) is 21.9 Å². The Morgan fingerprint density at radius 1 is 1.00 bits per heavy atom. The summed E-state index contributed by atoms with van der Waals surface area (Å²) in [6.45, 7) is 1.99. The first-order valence-electron chi connectivity index (χ1n) is 8.89. The number of nitrogen functional groups attached to an aromatic ring is 1. The van der Waals surface area contributed by atoms with Crippen molar-refractivity contribution >= 4 is 22.4 Å². The SMILES string of the molecule is C[C@H](Nc1ncnc(N)c1C#N)c1ncc2ccccc2c1-c1ccccc1. The summed E-state index contributed by atoms with van der Waals surface area (Å²) < 4.78 is 0. The first-order chi connectivity index (χ1) is 13.7. The van der Waals surface area contributed by atoms with Crippen LogP contribution in [0, 0.1) is 11.3 Å². The van der Waals surface area contributed by atoms with E-state index in [0.29, 0.717) is 5.82 Å². The summed E-state index contributed by atoms with van der Waals surface area (Å²) in [6.07, 6.45) is 3.21. The van der Waals surface area contributed by atoms with Crippen LogP contribution < -0.4 is 11.1 Å². The summed E-state index contributed by atoms with van der Waals surface area (Å²) >= 11 is 0. The molecule has 0 aliphatic carbocycles. The molecule has 0 unspecified atom stereocenters. The molecular weight excluding hydrogens is 348 g/mol. The molecule has 4 rings (SSSR count). The first kappa shape index (κ1) is 17.4. The third kappa shape index (κ3) is 3.10. The van der Waals surface area contributed by atoms with Gasteiger partial charge in [-0.05, 0) is 17.9 Å². The Labute approximate surface area is 162 Å². The molecule has 1 atom stereocenters. The van der Waals surface area contributed by atoms with Crippen molar-refractivity contribution in [3.63, 3.8) is 0 Å². The Hall–Kier alpha value is -3.98. The van der Waals surface area contributed by atoms with E-state index in [0.717, 1.165) is 27.6 Å². The monoisotopic (exact) mass is 366 g/mol. The molecule has 0 aliphatic rings. The van der Waals surface area contributed by atoms with Gasteiger partial charge in [-0.15, -0.1) is 0 Å². The Morgan fingerprint density at radius 3 is 2.54 bits per heavy atom. The second kappa shape index (κ2) is 7.33. The lowest BCUT2D eigenvalue weighted by Crippen LogP contribution is -2.13. The van der Waals surface area contributed by atoms with E-state index in [1.807, 2.05) is 43.5 Å². The van der Waals surface area contributed by atoms with Crippen molar-refractivity contribution in [1.29, 1.82) is 5.26 Å². The number of nitrogens with two attached hydrogens (primary N) is 1. The van der Waals surface area contributed by atoms with Gasteiger partial charge in [-0.1, -0.05) is 54.6 Å². The Morgan fingerprint density at radius 2 is 1.75 bits per heavy atom. The van der Waals surface area contributed by atoms with Gasteiger partial charge in [0.1, 0.15) is 29.6 Å². The number of aromatic nitrogens is 3. The predicted molar refractivity (Wildman–Crippen MR) is 110 cm³/mol. The van der Waals surface area contributed by atoms with Gasteiger partial charge in [-0.2, -0.15) is 5.26 Å². The fourth-order valence-corrected chi connectivity index (χ4v) is 3.31. The minimum absolute atomic E-state index is 0.155. The number of fused-ring (bicyclic) bond motifs is 1. The minimum atomic E-state index is -0.207. The standard InChI is InChI=1S/C22H18N6/c1-14(28-22-18(11-23)21(24)26-13-27-22)20-19(15-7-3-2-4-8-15)17-10-6-5-9-16(17)12-25-20/h2-10,12-14H,1H3,(H3,24,26,27,28)/t14-/m0/s1. The Balaban J connectivity index is 1.85. The summed E-state index contributed by atoms with van der Waals surface area (Å²) in [6, 6.07) is 20.2. The number of hydrogen-bond donors (Lipinski definition) is 2. The minimum Gasteiger partial charge on any atom is -0.382 e. The van der Waals surface area contributed by atoms with Crippen LogP contribution in [-0.2, 0) is 0 Å².